The summed E-state index contributed by atoms with van der Waals surface area (Å²) in [5.74, 6) is 0.985. The molecule has 0 aliphatic heterocycles. The molecule has 22 heavy (non-hydrogen) atoms. The highest BCUT2D eigenvalue weighted by Crippen LogP contribution is 2.21. The Morgan fingerprint density at radius 1 is 1.27 bits per heavy atom. The van der Waals surface area contributed by atoms with Crippen molar-refractivity contribution in [3.05, 3.63) is 47.7 Å². The number of aromatic amines is 1. The van der Waals surface area contributed by atoms with E-state index in [-0.39, 0.29) is 5.95 Å². The highest BCUT2D eigenvalue weighted by molar-refractivity contribution is 5.93. The summed E-state index contributed by atoms with van der Waals surface area (Å²) in [4.78, 5) is 11.0. The lowest BCUT2D eigenvalue weighted by molar-refractivity contribution is 0.100. The molecule has 0 unspecified atom stereocenters. The van der Waals surface area contributed by atoms with E-state index in [2.05, 4.69) is 31.2 Å². The van der Waals surface area contributed by atoms with Crippen molar-refractivity contribution >= 4 is 18.1 Å². The molecular weight excluding hydrogens is 286 g/mol. The number of hydrogen-bond acceptors (Lipinski definition) is 7. The average molecular weight is 297 g/mol. The van der Waals surface area contributed by atoms with E-state index in [1.54, 1.807) is 36.4 Å². The number of carbonyl (C=O) groups excluding carboxylic acids is 1. The topological polar surface area (TPSA) is 135 Å². The SMILES string of the molecule is NC(=O)c1ccc(-c2ccc(/C=N/Nc3nn[nH]n3)o2)cc1. The number of nitrogens with zero attached hydrogens (tertiary/aromatic N) is 4. The number of anilines is 1. The van der Waals surface area contributed by atoms with Crippen LogP contribution in [0.5, 0.6) is 0 Å². The van der Waals surface area contributed by atoms with E-state index < -0.39 is 5.91 Å². The molecule has 2 aromatic heterocycles. The first kappa shape index (κ1) is 13.5. The van der Waals surface area contributed by atoms with Crippen LogP contribution < -0.4 is 11.2 Å². The van der Waals surface area contributed by atoms with Gasteiger partial charge in [0.25, 0.3) is 5.95 Å². The summed E-state index contributed by atoms with van der Waals surface area (Å²) in [5.41, 5.74) is 9.06. The Morgan fingerprint density at radius 3 is 2.77 bits per heavy atom. The minimum Gasteiger partial charge on any atom is -0.455 e. The number of carbonyl (C=O) groups is 1. The first-order chi connectivity index (χ1) is 10.7. The zero-order valence-corrected chi connectivity index (χ0v) is 11.2. The van der Waals surface area contributed by atoms with Gasteiger partial charge in [0.1, 0.15) is 11.5 Å². The summed E-state index contributed by atoms with van der Waals surface area (Å²) in [6, 6.07) is 10.4. The standard InChI is InChI=1S/C13H11N7O2/c14-12(21)9-3-1-8(2-4-9)11-6-5-10(22-11)7-15-16-13-17-19-20-18-13/h1-7H,(H2,14,21)(H2,16,17,18,19,20)/b15-7+. The van der Waals surface area contributed by atoms with Crippen LogP contribution in [0.25, 0.3) is 11.3 Å². The molecule has 0 saturated heterocycles. The number of tetrazole rings is 1. The third kappa shape index (κ3) is 2.98. The van der Waals surface area contributed by atoms with Gasteiger partial charge in [-0.25, -0.2) is 5.43 Å². The van der Waals surface area contributed by atoms with E-state index in [0.29, 0.717) is 17.1 Å². The van der Waals surface area contributed by atoms with Gasteiger partial charge in [0.2, 0.25) is 5.91 Å². The Morgan fingerprint density at radius 2 is 2.09 bits per heavy atom. The molecule has 4 N–H and O–H groups in total. The van der Waals surface area contributed by atoms with Crippen LogP contribution in [0.1, 0.15) is 16.1 Å². The second-order valence-corrected chi connectivity index (χ2v) is 4.25. The fraction of sp³-hybridized carbons (Fsp3) is 0. The van der Waals surface area contributed by atoms with Crippen molar-refractivity contribution in [1.29, 1.82) is 0 Å². The van der Waals surface area contributed by atoms with Crippen molar-refractivity contribution in [3.63, 3.8) is 0 Å². The third-order valence-electron chi connectivity index (χ3n) is 2.78. The Kier molecular flexibility index (Phi) is 3.60. The second-order valence-electron chi connectivity index (χ2n) is 4.25. The van der Waals surface area contributed by atoms with Gasteiger partial charge in [-0.3, -0.25) is 4.79 Å². The number of amides is 1. The number of nitrogens with one attached hydrogen (secondary N) is 2. The molecule has 9 heteroatoms. The van der Waals surface area contributed by atoms with Gasteiger partial charge in [-0.15, -0.1) is 5.10 Å². The number of nitrogens with two attached hydrogens (primary N) is 1. The first-order valence-corrected chi connectivity index (χ1v) is 6.25. The zero-order chi connectivity index (χ0) is 15.4. The normalized spacial score (nSPS) is 10.9. The number of rotatable bonds is 5. The maximum Gasteiger partial charge on any atom is 0.283 e. The molecule has 110 valence electrons. The van der Waals surface area contributed by atoms with Crippen molar-refractivity contribution in [2.45, 2.75) is 0 Å². The van der Waals surface area contributed by atoms with Crippen LogP contribution >= 0.6 is 0 Å². The Hall–Kier alpha value is -3.49. The molecule has 0 radical (unpaired) electrons. The second kappa shape index (κ2) is 5.87. The van der Waals surface area contributed by atoms with Crippen LogP contribution in [0, 0.1) is 0 Å². The lowest BCUT2D eigenvalue weighted by atomic mass is 10.1. The Balaban J connectivity index is 1.70. The lowest BCUT2D eigenvalue weighted by Crippen LogP contribution is -2.10. The van der Waals surface area contributed by atoms with Crippen LogP contribution in [0.3, 0.4) is 0 Å². The molecular formula is C13H11N7O2. The van der Waals surface area contributed by atoms with Crippen molar-refractivity contribution < 1.29 is 9.21 Å². The molecule has 0 aliphatic carbocycles. The van der Waals surface area contributed by atoms with E-state index in [1.165, 1.54) is 6.21 Å². The lowest BCUT2D eigenvalue weighted by Gasteiger charge is -1.98. The highest BCUT2D eigenvalue weighted by atomic mass is 16.3. The summed E-state index contributed by atoms with van der Waals surface area (Å²) >= 11 is 0. The molecule has 1 aromatic carbocycles. The average Bonchev–Trinajstić information content (AvgIpc) is 3.19. The maximum atomic E-state index is 11.0. The van der Waals surface area contributed by atoms with E-state index in [9.17, 15) is 4.79 Å². The van der Waals surface area contributed by atoms with Gasteiger partial charge in [-0.1, -0.05) is 17.2 Å². The van der Waals surface area contributed by atoms with E-state index >= 15 is 0 Å². The van der Waals surface area contributed by atoms with Gasteiger partial charge in [0.15, 0.2) is 0 Å². The van der Waals surface area contributed by atoms with Crippen molar-refractivity contribution in [2.24, 2.45) is 10.8 Å². The molecule has 1 amide bonds. The fourth-order valence-corrected chi connectivity index (χ4v) is 1.74. The van der Waals surface area contributed by atoms with Crippen LogP contribution in [-0.4, -0.2) is 32.7 Å². The minimum absolute atomic E-state index is 0.255. The van der Waals surface area contributed by atoms with Gasteiger partial charge in [0.05, 0.1) is 6.21 Å². The monoisotopic (exact) mass is 297 g/mol. The van der Waals surface area contributed by atoms with Gasteiger partial charge in [0, 0.05) is 11.1 Å². The molecule has 3 aromatic rings. The smallest absolute Gasteiger partial charge is 0.283 e. The number of aromatic nitrogens is 4. The number of furan rings is 1. The van der Waals surface area contributed by atoms with Crippen LogP contribution in [0.15, 0.2) is 45.9 Å². The Bertz CT molecular complexity index is 790. The number of hydrazone groups is 1. The molecule has 0 saturated carbocycles. The molecule has 3 rings (SSSR count). The number of hydrogen-bond donors (Lipinski definition) is 3. The number of H-pyrrole nitrogens is 1. The minimum atomic E-state index is -0.466. The van der Waals surface area contributed by atoms with Crippen molar-refractivity contribution in [2.75, 3.05) is 5.43 Å². The van der Waals surface area contributed by atoms with Gasteiger partial charge in [-0.2, -0.15) is 10.3 Å². The molecule has 9 nitrogen and oxygen atoms in total. The fourth-order valence-electron chi connectivity index (χ4n) is 1.74. The van der Waals surface area contributed by atoms with Gasteiger partial charge < -0.3 is 10.2 Å². The number of primary amides is 1. The summed E-state index contributed by atoms with van der Waals surface area (Å²) in [7, 11) is 0. The third-order valence-corrected chi connectivity index (χ3v) is 2.78. The van der Waals surface area contributed by atoms with Crippen LogP contribution in [0.2, 0.25) is 0 Å². The molecule has 0 spiro atoms. The molecule has 2 heterocycles. The summed E-state index contributed by atoms with van der Waals surface area (Å²) in [6.07, 6.45) is 1.48. The van der Waals surface area contributed by atoms with E-state index in [0.717, 1.165) is 5.56 Å². The predicted molar refractivity (Wildman–Crippen MR) is 78.1 cm³/mol. The van der Waals surface area contributed by atoms with Crippen molar-refractivity contribution in [3.8, 4) is 11.3 Å². The van der Waals surface area contributed by atoms with E-state index in [4.69, 9.17) is 10.2 Å². The molecule has 0 fully saturated rings. The van der Waals surface area contributed by atoms with Crippen LogP contribution in [0.4, 0.5) is 5.95 Å². The quantitative estimate of drug-likeness (QED) is 0.475. The van der Waals surface area contributed by atoms with Crippen LogP contribution in [-0.2, 0) is 0 Å². The summed E-state index contributed by atoms with van der Waals surface area (Å²) < 4.78 is 5.62. The Labute approximate surface area is 124 Å². The molecule has 0 bridgehead atoms. The predicted octanol–water partition coefficient (Wildman–Crippen LogP) is 1.00. The molecule has 0 atom stereocenters. The summed E-state index contributed by atoms with van der Waals surface area (Å²) in [5, 5.41) is 17.0. The first-order valence-electron chi connectivity index (χ1n) is 6.25. The zero-order valence-electron chi connectivity index (χ0n) is 11.2. The largest absolute Gasteiger partial charge is 0.455 e. The number of benzene rings is 1. The van der Waals surface area contributed by atoms with Gasteiger partial charge >= 0.3 is 0 Å². The van der Waals surface area contributed by atoms with E-state index in [1.807, 2.05) is 0 Å². The highest BCUT2D eigenvalue weighted by Gasteiger charge is 2.05. The van der Waals surface area contributed by atoms with Crippen molar-refractivity contribution in [1.82, 2.24) is 20.6 Å². The molecule has 0 aliphatic rings. The van der Waals surface area contributed by atoms with Gasteiger partial charge in [-0.05, 0) is 29.5 Å². The summed E-state index contributed by atoms with van der Waals surface area (Å²) in [6.45, 7) is 0. The maximum absolute atomic E-state index is 11.0.